The normalized spacial score (nSPS) is 10.8. The first kappa shape index (κ1) is 13.3. The molecule has 0 aliphatic carbocycles. The van der Waals surface area contributed by atoms with E-state index < -0.39 is 0 Å². The minimum Gasteiger partial charge on any atom is -0.494 e. The molecule has 0 radical (unpaired) electrons. The fourth-order valence-corrected chi connectivity index (χ4v) is 2.29. The van der Waals surface area contributed by atoms with Crippen LogP contribution >= 0.6 is 0 Å². The second kappa shape index (κ2) is 5.36. The summed E-state index contributed by atoms with van der Waals surface area (Å²) in [6.07, 6.45) is 1.63. The molecule has 0 unspecified atom stereocenters. The van der Waals surface area contributed by atoms with Crippen molar-refractivity contribution in [1.82, 2.24) is 14.5 Å². The summed E-state index contributed by atoms with van der Waals surface area (Å²) in [5, 5.41) is 0.511. The van der Waals surface area contributed by atoms with Gasteiger partial charge in [-0.25, -0.2) is 9.97 Å². The molecule has 0 N–H and O–H groups in total. The molecule has 0 amide bonds. The molecule has 0 aliphatic rings. The SMILES string of the molecule is CCOc1ccc(-n2c(C)nc3ncccc3c2=O)cc1. The van der Waals surface area contributed by atoms with E-state index in [4.69, 9.17) is 4.74 Å². The second-order valence-corrected chi connectivity index (χ2v) is 4.60. The highest BCUT2D eigenvalue weighted by atomic mass is 16.5. The first-order valence-corrected chi connectivity index (χ1v) is 6.78. The van der Waals surface area contributed by atoms with Crippen molar-refractivity contribution in [2.75, 3.05) is 6.61 Å². The Kier molecular flexibility index (Phi) is 3.39. The largest absolute Gasteiger partial charge is 0.494 e. The molecule has 0 spiro atoms. The van der Waals surface area contributed by atoms with E-state index in [2.05, 4.69) is 9.97 Å². The number of pyridine rings is 1. The number of rotatable bonds is 3. The number of hydrogen-bond acceptors (Lipinski definition) is 4. The first-order valence-electron chi connectivity index (χ1n) is 6.78. The zero-order valence-corrected chi connectivity index (χ0v) is 11.9. The molecular weight excluding hydrogens is 266 g/mol. The molecule has 5 heteroatoms. The molecule has 21 heavy (non-hydrogen) atoms. The van der Waals surface area contributed by atoms with Crippen LogP contribution in [0.25, 0.3) is 16.7 Å². The van der Waals surface area contributed by atoms with E-state index >= 15 is 0 Å². The van der Waals surface area contributed by atoms with Gasteiger partial charge in [-0.15, -0.1) is 0 Å². The summed E-state index contributed by atoms with van der Waals surface area (Å²) in [5.74, 6) is 1.39. The molecular formula is C16H15N3O2. The van der Waals surface area contributed by atoms with E-state index in [0.717, 1.165) is 11.4 Å². The van der Waals surface area contributed by atoms with Crippen molar-refractivity contribution in [3.63, 3.8) is 0 Å². The number of aryl methyl sites for hydroxylation is 1. The third kappa shape index (κ3) is 2.38. The molecule has 0 aliphatic heterocycles. The van der Waals surface area contributed by atoms with Crippen LogP contribution < -0.4 is 10.3 Å². The highest BCUT2D eigenvalue weighted by Gasteiger charge is 2.10. The van der Waals surface area contributed by atoms with E-state index in [9.17, 15) is 4.79 Å². The van der Waals surface area contributed by atoms with E-state index in [1.807, 2.05) is 31.2 Å². The van der Waals surface area contributed by atoms with Crippen molar-refractivity contribution in [3.8, 4) is 11.4 Å². The molecule has 0 saturated heterocycles. The van der Waals surface area contributed by atoms with Crippen molar-refractivity contribution in [3.05, 3.63) is 58.8 Å². The van der Waals surface area contributed by atoms with Gasteiger partial charge in [-0.2, -0.15) is 0 Å². The van der Waals surface area contributed by atoms with E-state index in [0.29, 0.717) is 23.5 Å². The quantitative estimate of drug-likeness (QED) is 0.740. The van der Waals surface area contributed by atoms with Crippen LogP contribution in [0.15, 0.2) is 47.4 Å². The minimum absolute atomic E-state index is 0.116. The van der Waals surface area contributed by atoms with Crippen molar-refractivity contribution >= 4 is 11.0 Å². The summed E-state index contributed by atoms with van der Waals surface area (Å²) in [5.41, 5.74) is 1.12. The standard InChI is InChI=1S/C16H15N3O2/c1-3-21-13-8-6-12(7-9-13)19-11(2)18-15-14(16(19)20)5-4-10-17-15/h4-10H,3H2,1-2H3. The maximum Gasteiger partial charge on any atom is 0.267 e. The lowest BCUT2D eigenvalue weighted by Crippen LogP contribution is -2.22. The number of hydrogen-bond donors (Lipinski definition) is 0. The molecule has 2 aromatic heterocycles. The predicted octanol–water partition coefficient (Wildman–Crippen LogP) is 2.49. The van der Waals surface area contributed by atoms with Crippen LogP contribution in [-0.4, -0.2) is 21.1 Å². The summed E-state index contributed by atoms with van der Waals surface area (Å²) in [6, 6.07) is 10.9. The Bertz CT molecular complexity index is 838. The molecule has 3 aromatic rings. The third-order valence-corrected chi connectivity index (χ3v) is 3.22. The van der Waals surface area contributed by atoms with Gasteiger partial charge in [-0.1, -0.05) is 0 Å². The Hall–Kier alpha value is -2.69. The van der Waals surface area contributed by atoms with Crippen molar-refractivity contribution < 1.29 is 4.74 Å². The summed E-state index contributed by atoms with van der Waals surface area (Å²) in [7, 11) is 0. The predicted molar refractivity (Wildman–Crippen MR) is 81.0 cm³/mol. The highest BCUT2D eigenvalue weighted by Crippen LogP contribution is 2.16. The second-order valence-electron chi connectivity index (χ2n) is 4.60. The van der Waals surface area contributed by atoms with Crippen molar-refractivity contribution in [2.24, 2.45) is 0 Å². The van der Waals surface area contributed by atoms with Crippen LogP contribution in [0, 0.1) is 6.92 Å². The molecule has 2 heterocycles. The number of ether oxygens (including phenoxy) is 1. The van der Waals surface area contributed by atoms with Gasteiger partial charge in [-0.3, -0.25) is 9.36 Å². The third-order valence-electron chi connectivity index (χ3n) is 3.22. The maximum absolute atomic E-state index is 12.6. The molecule has 5 nitrogen and oxygen atoms in total. The van der Waals surface area contributed by atoms with Crippen LogP contribution in [-0.2, 0) is 0 Å². The molecule has 0 bridgehead atoms. The van der Waals surface area contributed by atoms with Gasteiger partial charge in [0.25, 0.3) is 5.56 Å². The molecule has 1 aromatic carbocycles. The molecule has 0 saturated carbocycles. The van der Waals surface area contributed by atoms with Gasteiger partial charge in [0.05, 0.1) is 17.7 Å². The Balaban J connectivity index is 2.18. The van der Waals surface area contributed by atoms with Crippen LogP contribution in [0.5, 0.6) is 5.75 Å². The van der Waals surface area contributed by atoms with E-state index in [1.54, 1.807) is 29.8 Å². The minimum atomic E-state index is -0.116. The smallest absolute Gasteiger partial charge is 0.267 e. The number of aromatic nitrogens is 3. The monoisotopic (exact) mass is 281 g/mol. The molecule has 0 fully saturated rings. The lowest BCUT2D eigenvalue weighted by Gasteiger charge is -2.11. The highest BCUT2D eigenvalue weighted by molar-refractivity contribution is 5.73. The molecule has 0 atom stereocenters. The van der Waals surface area contributed by atoms with Crippen LogP contribution in [0.3, 0.4) is 0 Å². The maximum atomic E-state index is 12.6. The van der Waals surface area contributed by atoms with E-state index in [-0.39, 0.29) is 5.56 Å². The summed E-state index contributed by atoms with van der Waals surface area (Å²) >= 11 is 0. The van der Waals surface area contributed by atoms with Gasteiger partial charge < -0.3 is 4.74 Å². The van der Waals surface area contributed by atoms with Gasteiger partial charge in [0, 0.05) is 6.20 Å². The topological polar surface area (TPSA) is 57.0 Å². The van der Waals surface area contributed by atoms with Gasteiger partial charge >= 0.3 is 0 Å². The summed E-state index contributed by atoms with van der Waals surface area (Å²) in [6.45, 7) is 4.34. The zero-order valence-electron chi connectivity index (χ0n) is 11.9. The molecule has 3 rings (SSSR count). The number of benzene rings is 1. The Morgan fingerprint density at radius 1 is 1.19 bits per heavy atom. The number of fused-ring (bicyclic) bond motifs is 1. The van der Waals surface area contributed by atoms with Crippen molar-refractivity contribution in [1.29, 1.82) is 0 Å². The van der Waals surface area contributed by atoms with Crippen LogP contribution in [0.4, 0.5) is 0 Å². The van der Waals surface area contributed by atoms with Gasteiger partial charge in [0.2, 0.25) is 0 Å². The Morgan fingerprint density at radius 3 is 2.67 bits per heavy atom. The van der Waals surface area contributed by atoms with Crippen LogP contribution in [0.2, 0.25) is 0 Å². The number of nitrogens with zero attached hydrogens (tertiary/aromatic N) is 3. The van der Waals surface area contributed by atoms with E-state index in [1.165, 1.54) is 0 Å². The molecule has 106 valence electrons. The van der Waals surface area contributed by atoms with Crippen LogP contribution in [0.1, 0.15) is 12.7 Å². The van der Waals surface area contributed by atoms with Gasteiger partial charge in [0.1, 0.15) is 11.6 Å². The van der Waals surface area contributed by atoms with Gasteiger partial charge in [0.15, 0.2) is 5.65 Å². The summed E-state index contributed by atoms with van der Waals surface area (Å²) < 4.78 is 7.00. The Labute approximate surface area is 121 Å². The average Bonchev–Trinajstić information content (AvgIpc) is 2.49. The Morgan fingerprint density at radius 2 is 1.95 bits per heavy atom. The zero-order chi connectivity index (χ0) is 14.8. The summed E-state index contributed by atoms with van der Waals surface area (Å²) in [4.78, 5) is 21.1. The fourth-order valence-electron chi connectivity index (χ4n) is 2.29. The van der Waals surface area contributed by atoms with Gasteiger partial charge in [-0.05, 0) is 50.2 Å². The first-order chi connectivity index (χ1) is 10.2. The average molecular weight is 281 g/mol. The fraction of sp³-hybridized carbons (Fsp3) is 0.188. The lowest BCUT2D eigenvalue weighted by atomic mass is 10.2. The lowest BCUT2D eigenvalue weighted by molar-refractivity contribution is 0.340. The van der Waals surface area contributed by atoms with Crippen molar-refractivity contribution in [2.45, 2.75) is 13.8 Å².